The molecule has 30 heavy (non-hydrogen) atoms. The average molecular weight is 423 g/mol. The second-order valence-electron chi connectivity index (χ2n) is 6.51. The van der Waals surface area contributed by atoms with Gasteiger partial charge in [-0.1, -0.05) is 34.6 Å². The third kappa shape index (κ3) is 4.33. The lowest BCUT2D eigenvalue weighted by Crippen LogP contribution is -1.96. The second kappa shape index (κ2) is 9.04. The van der Waals surface area contributed by atoms with Crippen LogP contribution in [-0.4, -0.2) is 33.4 Å². The molecule has 0 aliphatic heterocycles. The van der Waals surface area contributed by atoms with Crippen LogP contribution >= 0.6 is 11.8 Å². The Morgan fingerprint density at radius 2 is 1.93 bits per heavy atom. The Balaban J connectivity index is 1.47. The van der Waals surface area contributed by atoms with Gasteiger partial charge in [0.05, 0.1) is 19.5 Å². The molecule has 0 aliphatic carbocycles. The summed E-state index contributed by atoms with van der Waals surface area (Å²) in [5, 5.41) is 4.97. The third-order valence-corrected chi connectivity index (χ3v) is 5.39. The second-order valence-corrected chi connectivity index (χ2v) is 7.46. The standard InChI is InChI=1S/C22H22N4O3S/c1-4-28-18-10-7-16(13-19(18)27-3)21-24-20(29-25-21)14-30-22-23-11-12-26(22)17-8-5-15(2)6-9-17/h5-13H,4,14H2,1-3H3. The van der Waals surface area contributed by atoms with Crippen molar-refractivity contribution in [1.82, 2.24) is 19.7 Å². The molecule has 4 rings (SSSR count). The molecule has 4 aromatic rings. The van der Waals surface area contributed by atoms with Crippen LogP contribution in [0.25, 0.3) is 17.1 Å². The van der Waals surface area contributed by atoms with Crippen molar-refractivity contribution in [1.29, 1.82) is 0 Å². The molecule has 2 aromatic heterocycles. The number of rotatable bonds is 8. The zero-order chi connectivity index (χ0) is 20.9. The van der Waals surface area contributed by atoms with Gasteiger partial charge in [0, 0.05) is 23.6 Å². The first-order valence-corrected chi connectivity index (χ1v) is 10.5. The maximum absolute atomic E-state index is 5.56. The van der Waals surface area contributed by atoms with E-state index in [9.17, 15) is 0 Å². The SMILES string of the molecule is CCOc1ccc(-c2noc(CSc3nccn3-c3ccc(C)cc3)n2)cc1OC. The molecular weight excluding hydrogens is 400 g/mol. The normalized spacial score (nSPS) is 10.9. The van der Waals surface area contributed by atoms with Crippen LogP contribution in [-0.2, 0) is 5.75 Å². The lowest BCUT2D eigenvalue weighted by Gasteiger charge is -2.09. The van der Waals surface area contributed by atoms with E-state index in [4.69, 9.17) is 14.0 Å². The molecule has 2 aromatic carbocycles. The van der Waals surface area contributed by atoms with E-state index in [-0.39, 0.29) is 0 Å². The van der Waals surface area contributed by atoms with Gasteiger partial charge in [-0.05, 0) is 44.2 Å². The van der Waals surface area contributed by atoms with Crippen LogP contribution in [0, 0.1) is 6.92 Å². The molecule has 0 saturated heterocycles. The van der Waals surface area contributed by atoms with Crippen LogP contribution in [0.2, 0.25) is 0 Å². The van der Waals surface area contributed by atoms with Crippen molar-refractivity contribution in [3.05, 3.63) is 66.3 Å². The number of aromatic nitrogens is 4. The smallest absolute Gasteiger partial charge is 0.237 e. The minimum atomic E-state index is 0.508. The number of nitrogens with zero attached hydrogens (tertiary/aromatic N) is 4. The van der Waals surface area contributed by atoms with E-state index in [0.717, 1.165) is 16.4 Å². The molecular formula is C22H22N4O3S. The van der Waals surface area contributed by atoms with Gasteiger partial charge in [0.25, 0.3) is 0 Å². The van der Waals surface area contributed by atoms with Gasteiger partial charge in [0.2, 0.25) is 11.7 Å². The van der Waals surface area contributed by atoms with Gasteiger partial charge in [-0.3, -0.25) is 4.57 Å². The molecule has 0 aliphatic rings. The van der Waals surface area contributed by atoms with Crippen molar-refractivity contribution in [2.24, 2.45) is 0 Å². The number of imidazole rings is 1. The van der Waals surface area contributed by atoms with E-state index in [1.807, 2.05) is 35.9 Å². The Labute approximate surface area is 179 Å². The van der Waals surface area contributed by atoms with Gasteiger partial charge < -0.3 is 14.0 Å². The Kier molecular flexibility index (Phi) is 6.04. The monoisotopic (exact) mass is 422 g/mol. The van der Waals surface area contributed by atoms with Gasteiger partial charge in [0.1, 0.15) is 0 Å². The first-order chi connectivity index (χ1) is 14.7. The number of aryl methyl sites for hydroxylation is 1. The zero-order valence-corrected chi connectivity index (χ0v) is 17.8. The Morgan fingerprint density at radius 1 is 1.10 bits per heavy atom. The van der Waals surface area contributed by atoms with Crippen molar-refractivity contribution >= 4 is 11.8 Å². The molecule has 0 amide bonds. The predicted octanol–water partition coefficient (Wildman–Crippen LogP) is 4.93. The maximum atomic E-state index is 5.56. The Bertz CT molecular complexity index is 1120. The highest BCUT2D eigenvalue weighted by Crippen LogP contribution is 2.32. The van der Waals surface area contributed by atoms with E-state index >= 15 is 0 Å². The lowest BCUT2D eigenvalue weighted by atomic mass is 10.2. The molecule has 0 spiro atoms. The first kappa shape index (κ1) is 20.0. The van der Waals surface area contributed by atoms with Crippen molar-refractivity contribution in [3.63, 3.8) is 0 Å². The molecule has 0 radical (unpaired) electrons. The highest BCUT2D eigenvalue weighted by molar-refractivity contribution is 7.98. The number of benzene rings is 2. The summed E-state index contributed by atoms with van der Waals surface area (Å²) in [4.78, 5) is 8.96. The predicted molar refractivity (Wildman–Crippen MR) is 115 cm³/mol. The van der Waals surface area contributed by atoms with Crippen molar-refractivity contribution in [3.8, 4) is 28.6 Å². The van der Waals surface area contributed by atoms with Crippen molar-refractivity contribution < 1.29 is 14.0 Å². The highest BCUT2D eigenvalue weighted by atomic mass is 32.2. The summed E-state index contributed by atoms with van der Waals surface area (Å²) in [6, 6.07) is 13.9. The van der Waals surface area contributed by atoms with E-state index in [1.54, 1.807) is 25.1 Å². The summed E-state index contributed by atoms with van der Waals surface area (Å²) in [6.07, 6.45) is 3.73. The van der Waals surface area contributed by atoms with E-state index in [0.29, 0.717) is 35.6 Å². The molecule has 0 N–H and O–H groups in total. The molecule has 7 nitrogen and oxygen atoms in total. The van der Waals surface area contributed by atoms with Gasteiger partial charge in [0.15, 0.2) is 16.7 Å². The Morgan fingerprint density at radius 3 is 2.70 bits per heavy atom. The summed E-state index contributed by atoms with van der Waals surface area (Å²) in [6.45, 7) is 4.57. The van der Waals surface area contributed by atoms with E-state index in [2.05, 4.69) is 46.3 Å². The fourth-order valence-electron chi connectivity index (χ4n) is 2.94. The molecule has 0 atom stereocenters. The first-order valence-electron chi connectivity index (χ1n) is 9.55. The molecule has 154 valence electrons. The fraction of sp³-hybridized carbons (Fsp3) is 0.227. The average Bonchev–Trinajstić information content (AvgIpc) is 3.43. The zero-order valence-electron chi connectivity index (χ0n) is 17.0. The van der Waals surface area contributed by atoms with Crippen LogP contribution < -0.4 is 9.47 Å². The number of ether oxygens (including phenoxy) is 2. The molecule has 0 bridgehead atoms. The third-order valence-electron chi connectivity index (χ3n) is 4.43. The summed E-state index contributed by atoms with van der Waals surface area (Å²) in [5.74, 6) is 2.88. The van der Waals surface area contributed by atoms with Gasteiger partial charge in [-0.15, -0.1) is 0 Å². The lowest BCUT2D eigenvalue weighted by molar-refractivity contribution is 0.311. The van der Waals surface area contributed by atoms with Crippen molar-refractivity contribution in [2.45, 2.75) is 24.8 Å². The molecule has 0 fully saturated rings. The van der Waals surface area contributed by atoms with Crippen LogP contribution in [0.5, 0.6) is 11.5 Å². The summed E-state index contributed by atoms with van der Waals surface area (Å²) in [5.41, 5.74) is 3.09. The van der Waals surface area contributed by atoms with Crippen LogP contribution in [0.15, 0.2) is 64.5 Å². The van der Waals surface area contributed by atoms with E-state index < -0.39 is 0 Å². The van der Waals surface area contributed by atoms with Gasteiger partial charge >= 0.3 is 0 Å². The fourth-order valence-corrected chi connectivity index (χ4v) is 3.75. The molecule has 0 unspecified atom stereocenters. The molecule has 0 saturated carbocycles. The van der Waals surface area contributed by atoms with Crippen LogP contribution in [0.4, 0.5) is 0 Å². The highest BCUT2D eigenvalue weighted by Gasteiger charge is 2.14. The van der Waals surface area contributed by atoms with Crippen LogP contribution in [0.1, 0.15) is 18.4 Å². The number of hydrogen-bond acceptors (Lipinski definition) is 7. The van der Waals surface area contributed by atoms with E-state index in [1.165, 1.54) is 5.56 Å². The minimum Gasteiger partial charge on any atom is -0.493 e. The van der Waals surface area contributed by atoms with Crippen LogP contribution in [0.3, 0.4) is 0 Å². The number of thioether (sulfide) groups is 1. The summed E-state index contributed by atoms with van der Waals surface area (Å²) in [7, 11) is 1.61. The topological polar surface area (TPSA) is 75.2 Å². The number of hydrogen-bond donors (Lipinski definition) is 0. The molecule has 2 heterocycles. The quantitative estimate of drug-likeness (QED) is 0.373. The Hall–Kier alpha value is -3.26. The largest absolute Gasteiger partial charge is 0.493 e. The van der Waals surface area contributed by atoms with Gasteiger partial charge in [-0.25, -0.2) is 4.98 Å². The maximum Gasteiger partial charge on any atom is 0.237 e. The summed E-state index contributed by atoms with van der Waals surface area (Å²) >= 11 is 1.54. The van der Waals surface area contributed by atoms with Gasteiger partial charge in [-0.2, -0.15) is 4.98 Å². The molecule has 8 heteroatoms. The minimum absolute atomic E-state index is 0.508. The number of methoxy groups -OCH3 is 1. The summed E-state index contributed by atoms with van der Waals surface area (Å²) < 4.78 is 18.4. The van der Waals surface area contributed by atoms with Crippen molar-refractivity contribution in [2.75, 3.05) is 13.7 Å².